The first kappa shape index (κ1) is 18.1. The number of carbonyl (C=O) groups is 2. The number of nitrogens with zero attached hydrogens (tertiary/aromatic N) is 2. The summed E-state index contributed by atoms with van der Waals surface area (Å²) in [5.74, 6) is -0.175. The van der Waals surface area contributed by atoms with Gasteiger partial charge in [0.1, 0.15) is 5.01 Å². The molecule has 0 saturated heterocycles. The van der Waals surface area contributed by atoms with E-state index in [4.69, 9.17) is 0 Å². The van der Waals surface area contributed by atoms with Gasteiger partial charge in [0, 0.05) is 12.3 Å². The molecule has 0 unspecified atom stereocenters. The Balaban J connectivity index is 1.70. The standard InChI is InChI=1S/C17H22N4O2S/c1-11(2)16-20-21-17(24-16)19-15(23)10-18-14(22)9-8-13-6-4-12(3)5-7-13/h4-7,11H,8-10H2,1-3H3,(H,18,22)(H,19,21,23). The summed E-state index contributed by atoms with van der Waals surface area (Å²) in [7, 11) is 0. The Hall–Kier alpha value is -2.28. The number of hydrogen-bond donors (Lipinski definition) is 2. The van der Waals surface area contributed by atoms with Gasteiger partial charge in [0.2, 0.25) is 16.9 Å². The number of aromatic nitrogens is 2. The van der Waals surface area contributed by atoms with Crippen LogP contribution in [0.2, 0.25) is 0 Å². The van der Waals surface area contributed by atoms with Crippen molar-refractivity contribution in [1.29, 1.82) is 0 Å². The summed E-state index contributed by atoms with van der Waals surface area (Å²) >= 11 is 1.35. The normalized spacial score (nSPS) is 10.7. The number of anilines is 1. The molecule has 0 aliphatic rings. The second-order valence-corrected chi connectivity index (χ2v) is 6.92. The van der Waals surface area contributed by atoms with Crippen LogP contribution in [-0.2, 0) is 16.0 Å². The Morgan fingerprint density at radius 2 is 1.83 bits per heavy atom. The lowest BCUT2D eigenvalue weighted by Crippen LogP contribution is -2.32. The van der Waals surface area contributed by atoms with Crippen LogP contribution in [-0.4, -0.2) is 28.6 Å². The molecule has 7 heteroatoms. The van der Waals surface area contributed by atoms with Crippen LogP contribution in [0.5, 0.6) is 0 Å². The Labute approximate surface area is 145 Å². The van der Waals surface area contributed by atoms with Gasteiger partial charge in [0.05, 0.1) is 6.54 Å². The second-order valence-electron chi connectivity index (χ2n) is 5.91. The fraction of sp³-hybridized carbons (Fsp3) is 0.412. The largest absolute Gasteiger partial charge is 0.347 e. The minimum Gasteiger partial charge on any atom is -0.347 e. The van der Waals surface area contributed by atoms with Crippen molar-refractivity contribution in [1.82, 2.24) is 15.5 Å². The monoisotopic (exact) mass is 346 g/mol. The molecule has 0 spiro atoms. The van der Waals surface area contributed by atoms with Crippen molar-refractivity contribution in [3.8, 4) is 0 Å². The first-order valence-electron chi connectivity index (χ1n) is 7.89. The van der Waals surface area contributed by atoms with E-state index in [1.807, 2.05) is 45.0 Å². The highest BCUT2D eigenvalue weighted by Gasteiger charge is 2.11. The molecule has 1 aromatic carbocycles. The summed E-state index contributed by atoms with van der Waals surface area (Å²) < 4.78 is 0. The SMILES string of the molecule is Cc1ccc(CCC(=O)NCC(=O)Nc2nnc(C(C)C)s2)cc1. The number of hydrogen-bond acceptors (Lipinski definition) is 5. The van der Waals surface area contributed by atoms with Crippen LogP contribution < -0.4 is 10.6 Å². The van der Waals surface area contributed by atoms with E-state index in [0.29, 0.717) is 18.0 Å². The van der Waals surface area contributed by atoms with E-state index in [1.54, 1.807) is 0 Å². The third-order valence-corrected chi connectivity index (χ3v) is 4.53. The van der Waals surface area contributed by atoms with E-state index < -0.39 is 0 Å². The fourth-order valence-corrected chi connectivity index (χ4v) is 2.72. The lowest BCUT2D eigenvalue weighted by atomic mass is 10.1. The van der Waals surface area contributed by atoms with Crippen LogP contribution in [0.4, 0.5) is 5.13 Å². The van der Waals surface area contributed by atoms with Crippen molar-refractivity contribution >= 4 is 28.3 Å². The maximum absolute atomic E-state index is 11.8. The Morgan fingerprint density at radius 1 is 1.12 bits per heavy atom. The van der Waals surface area contributed by atoms with E-state index in [-0.39, 0.29) is 24.3 Å². The zero-order valence-electron chi connectivity index (χ0n) is 14.1. The maximum atomic E-state index is 11.8. The van der Waals surface area contributed by atoms with Gasteiger partial charge in [-0.25, -0.2) is 0 Å². The van der Waals surface area contributed by atoms with Crippen LogP contribution in [0.1, 0.15) is 42.3 Å². The van der Waals surface area contributed by atoms with E-state index in [2.05, 4.69) is 20.8 Å². The van der Waals surface area contributed by atoms with Crippen molar-refractivity contribution in [2.24, 2.45) is 0 Å². The number of aryl methyl sites for hydroxylation is 2. The lowest BCUT2D eigenvalue weighted by molar-refractivity contribution is -0.124. The molecule has 0 atom stereocenters. The van der Waals surface area contributed by atoms with E-state index >= 15 is 0 Å². The summed E-state index contributed by atoms with van der Waals surface area (Å²) in [4.78, 5) is 23.6. The fourth-order valence-electron chi connectivity index (χ4n) is 1.96. The van der Waals surface area contributed by atoms with Crippen LogP contribution in [0, 0.1) is 6.92 Å². The van der Waals surface area contributed by atoms with Gasteiger partial charge in [-0.1, -0.05) is 55.0 Å². The van der Waals surface area contributed by atoms with Gasteiger partial charge in [0.15, 0.2) is 0 Å². The molecular formula is C17H22N4O2S. The van der Waals surface area contributed by atoms with Gasteiger partial charge in [-0.2, -0.15) is 0 Å². The number of carbonyl (C=O) groups excluding carboxylic acids is 2. The number of rotatable bonds is 7. The van der Waals surface area contributed by atoms with E-state index in [1.165, 1.54) is 16.9 Å². The summed E-state index contributed by atoms with van der Waals surface area (Å²) in [5, 5.41) is 14.5. The summed E-state index contributed by atoms with van der Waals surface area (Å²) in [6.07, 6.45) is 1.01. The molecule has 0 radical (unpaired) electrons. The van der Waals surface area contributed by atoms with Gasteiger partial charge in [0.25, 0.3) is 0 Å². The molecule has 1 aromatic heterocycles. The van der Waals surface area contributed by atoms with Gasteiger partial charge >= 0.3 is 0 Å². The first-order chi connectivity index (χ1) is 11.4. The quantitative estimate of drug-likeness (QED) is 0.807. The highest BCUT2D eigenvalue weighted by atomic mass is 32.1. The molecule has 2 aromatic rings. The van der Waals surface area contributed by atoms with Crippen molar-refractivity contribution in [3.05, 3.63) is 40.4 Å². The molecule has 0 saturated carbocycles. The summed E-state index contributed by atoms with van der Waals surface area (Å²) in [6, 6.07) is 8.07. The van der Waals surface area contributed by atoms with Crippen LogP contribution in [0.3, 0.4) is 0 Å². The molecule has 1 heterocycles. The highest BCUT2D eigenvalue weighted by Crippen LogP contribution is 2.22. The smallest absolute Gasteiger partial charge is 0.245 e. The van der Waals surface area contributed by atoms with Crippen LogP contribution in [0.25, 0.3) is 0 Å². The molecule has 0 aliphatic carbocycles. The zero-order valence-corrected chi connectivity index (χ0v) is 14.9. The predicted octanol–water partition coefficient (Wildman–Crippen LogP) is 2.66. The van der Waals surface area contributed by atoms with E-state index in [9.17, 15) is 9.59 Å². The molecule has 6 nitrogen and oxygen atoms in total. The van der Waals surface area contributed by atoms with Gasteiger partial charge in [-0.3, -0.25) is 14.9 Å². The van der Waals surface area contributed by atoms with Gasteiger partial charge < -0.3 is 5.32 Å². The number of amides is 2. The summed E-state index contributed by atoms with van der Waals surface area (Å²) in [5.41, 5.74) is 2.30. The lowest BCUT2D eigenvalue weighted by Gasteiger charge is -2.05. The molecule has 0 bridgehead atoms. The molecule has 0 aliphatic heterocycles. The van der Waals surface area contributed by atoms with Crippen molar-refractivity contribution in [2.45, 2.75) is 39.5 Å². The highest BCUT2D eigenvalue weighted by molar-refractivity contribution is 7.15. The van der Waals surface area contributed by atoms with Crippen LogP contribution in [0.15, 0.2) is 24.3 Å². The van der Waals surface area contributed by atoms with Crippen LogP contribution >= 0.6 is 11.3 Å². The molecule has 2 rings (SSSR count). The topological polar surface area (TPSA) is 84.0 Å². The van der Waals surface area contributed by atoms with Gasteiger partial charge in [-0.05, 0) is 18.9 Å². The van der Waals surface area contributed by atoms with Crippen molar-refractivity contribution < 1.29 is 9.59 Å². The Bertz CT molecular complexity index is 695. The Kier molecular flexibility index (Phi) is 6.43. The minimum atomic E-state index is -0.301. The molecule has 24 heavy (non-hydrogen) atoms. The average molecular weight is 346 g/mol. The van der Waals surface area contributed by atoms with Gasteiger partial charge in [-0.15, -0.1) is 10.2 Å². The molecule has 0 fully saturated rings. The van der Waals surface area contributed by atoms with Crippen molar-refractivity contribution in [2.75, 3.05) is 11.9 Å². The minimum absolute atomic E-state index is 0.0661. The molecular weight excluding hydrogens is 324 g/mol. The number of benzene rings is 1. The third kappa shape index (κ3) is 5.73. The average Bonchev–Trinajstić information content (AvgIpc) is 3.01. The number of nitrogens with one attached hydrogen (secondary N) is 2. The van der Waals surface area contributed by atoms with E-state index in [0.717, 1.165) is 10.6 Å². The first-order valence-corrected chi connectivity index (χ1v) is 8.71. The maximum Gasteiger partial charge on any atom is 0.245 e. The Morgan fingerprint density at radius 3 is 2.46 bits per heavy atom. The molecule has 2 amide bonds. The molecule has 128 valence electrons. The molecule has 2 N–H and O–H groups in total. The van der Waals surface area contributed by atoms with Crippen molar-refractivity contribution in [3.63, 3.8) is 0 Å². The summed E-state index contributed by atoms with van der Waals surface area (Å²) in [6.45, 7) is 5.99. The zero-order chi connectivity index (χ0) is 17.5. The predicted molar refractivity (Wildman–Crippen MR) is 95.1 cm³/mol. The second kappa shape index (κ2) is 8.54. The third-order valence-electron chi connectivity index (χ3n) is 3.39.